The smallest absolute Gasteiger partial charge is 0.126 e. The maximum Gasteiger partial charge on any atom is 0.126 e. The van der Waals surface area contributed by atoms with E-state index in [-0.39, 0.29) is 18.0 Å². The van der Waals surface area contributed by atoms with Crippen molar-refractivity contribution in [1.29, 1.82) is 0 Å². The number of hydrogen-bond donors (Lipinski definition) is 2. The molecule has 0 radical (unpaired) electrons. The van der Waals surface area contributed by atoms with Crippen LogP contribution in [0.15, 0.2) is 24.3 Å². The van der Waals surface area contributed by atoms with E-state index < -0.39 is 0 Å². The Labute approximate surface area is 120 Å². The van der Waals surface area contributed by atoms with Crippen molar-refractivity contribution in [2.45, 2.75) is 69.1 Å². The Morgan fingerprint density at radius 1 is 1.05 bits per heavy atom. The standard InChI is InChI=1S/C17H24FNO/c18-15-7-5-4-6-14(15)12-10-13(11-12)19-16-8-2-1-3-9-17(16)20/h4-7,12-13,16-17,19-20H,1-3,8-11H2. The molecule has 0 amide bonds. The van der Waals surface area contributed by atoms with E-state index in [1.165, 1.54) is 12.8 Å². The van der Waals surface area contributed by atoms with E-state index >= 15 is 0 Å². The first-order valence-electron chi connectivity index (χ1n) is 7.92. The van der Waals surface area contributed by atoms with Gasteiger partial charge in [0.25, 0.3) is 0 Å². The van der Waals surface area contributed by atoms with Gasteiger partial charge in [-0.25, -0.2) is 4.39 Å². The molecule has 0 spiro atoms. The largest absolute Gasteiger partial charge is 0.392 e. The second-order valence-electron chi connectivity index (χ2n) is 6.37. The average Bonchev–Trinajstić information content (AvgIpc) is 2.60. The van der Waals surface area contributed by atoms with Crippen LogP contribution in [-0.2, 0) is 0 Å². The molecule has 1 aromatic rings. The number of benzene rings is 1. The summed E-state index contributed by atoms with van der Waals surface area (Å²) in [5.74, 6) is 0.266. The van der Waals surface area contributed by atoms with Crippen LogP contribution in [0.5, 0.6) is 0 Å². The van der Waals surface area contributed by atoms with E-state index in [9.17, 15) is 9.50 Å². The fourth-order valence-electron chi connectivity index (χ4n) is 3.60. The molecule has 1 aromatic carbocycles. The van der Waals surface area contributed by atoms with Crippen molar-refractivity contribution in [2.24, 2.45) is 0 Å². The van der Waals surface area contributed by atoms with Gasteiger partial charge in [-0.15, -0.1) is 0 Å². The van der Waals surface area contributed by atoms with Gasteiger partial charge in [0.15, 0.2) is 0 Å². The molecule has 2 atom stereocenters. The number of aliphatic hydroxyl groups is 1. The number of aliphatic hydroxyl groups excluding tert-OH is 1. The molecule has 2 saturated carbocycles. The molecule has 2 unspecified atom stereocenters. The van der Waals surface area contributed by atoms with Crippen LogP contribution in [0.4, 0.5) is 4.39 Å². The average molecular weight is 277 g/mol. The van der Waals surface area contributed by atoms with Crippen molar-refractivity contribution >= 4 is 0 Å². The van der Waals surface area contributed by atoms with Crippen molar-refractivity contribution in [2.75, 3.05) is 0 Å². The molecule has 0 saturated heterocycles. The second kappa shape index (κ2) is 6.23. The summed E-state index contributed by atoms with van der Waals surface area (Å²) >= 11 is 0. The van der Waals surface area contributed by atoms with Crippen LogP contribution in [0.25, 0.3) is 0 Å². The van der Waals surface area contributed by atoms with E-state index in [1.54, 1.807) is 12.1 Å². The minimum absolute atomic E-state index is 0.0783. The Balaban J connectivity index is 1.52. The minimum atomic E-state index is -0.204. The minimum Gasteiger partial charge on any atom is -0.392 e. The molecule has 0 aliphatic heterocycles. The third-order valence-corrected chi connectivity index (χ3v) is 4.91. The second-order valence-corrected chi connectivity index (χ2v) is 6.37. The highest BCUT2D eigenvalue weighted by atomic mass is 19.1. The molecule has 2 fully saturated rings. The molecule has 0 bridgehead atoms. The zero-order chi connectivity index (χ0) is 13.9. The third-order valence-electron chi connectivity index (χ3n) is 4.91. The topological polar surface area (TPSA) is 32.3 Å². The summed E-state index contributed by atoms with van der Waals surface area (Å²) in [6, 6.07) is 7.78. The number of halogens is 1. The van der Waals surface area contributed by atoms with Gasteiger partial charge in [-0.05, 0) is 43.2 Å². The van der Waals surface area contributed by atoms with Crippen LogP contribution in [-0.4, -0.2) is 23.3 Å². The van der Waals surface area contributed by atoms with Crippen LogP contribution in [0, 0.1) is 5.82 Å². The van der Waals surface area contributed by atoms with Gasteiger partial charge < -0.3 is 10.4 Å². The normalized spacial score (nSPS) is 34.3. The van der Waals surface area contributed by atoms with Crippen LogP contribution in [0.3, 0.4) is 0 Å². The van der Waals surface area contributed by atoms with Gasteiger partial charge in [0, 0.05) is 12.1 Å². The first-order chi connectivity index (χ1) is 9.74. The molecule has 3 rings (SSSR count). The van der Waals surface area contributed by atoms with Gasteiger partial charge in [-0.3, -0.25) is 0 Å². The lowest BCUT2D eigenvalue weighted by Gasteiger charge is -2.39. The van der Waals surface area contributed by atoms with E-state index in [4.69, 9.17) is 0 Å². The fraction of sp³-hybridized carbons (Fsp3) is 0.647. The highest BCUT2D eigenvalue weighted by Gasteiger charge is 2.34. The summed E-state index contributed by atoms with van der Waals surface area (Å²) in [5, 5.41) is 13.7. The summed E-state index contributed by atoms with van der Waals surface area (Å²) in [6.07, 6.45) is 7.35. The highest BCUT2D eigenvalue weighted by molar-refractivity contribution is 5.24. The lowest BCUT2D eigenvalue weighted by Crippen LogP contribution is -2.49. The number of rotatable bonds is 3. The predicted octanol–water partition coefficient (Wildman–Crippen LogP) is 3.35. The summed E-state index contributed by atoms with van der Waals surface area (Å²) < 4.78 is 13.7. The zero-order valence-corrected chi connectivity index (χ0v) is 11.9. The monoisotopic (exact) mass is 277 g/mol. The first-order valence-corrected chi connectivity index (χ1v) is 7.92. The summed E-state index contributed by atoms with van der Waals surface area (Å²) in [7, 11) is 0. The SMILES string of the molecule is OC1CCCCCC1NC1CC(c2ccccc2F)C1. The van der Waals surface area contributed by atoms with Crippen LogP contribution in [0.2, 0.25) is 0 Å². The van der Waals surface area contributed by atoms with Crippen molar-refractivity contribution < 1.29 is 9.50 Å². The van der Waals surface area contributed by atoms with Gasteiger partial charge in [-0.2, -0.15) is 0 Å². The van der Waals surface area contributed by atoms with Gasteiger partial charge in [0.2, 0.25) is 0 Å². The first kappa shape index (κ1) is 14.0. The molecule has 3 heteroatoms. The van der Waals surface area contributed by atoms with E-state index in [1.807, 2.05) is 12.1 Å². The summed E-state index contributed by atoms with van der Waals surface area (Å²) in [6.45, 7) is 0. The van der Waals surface area contributed by atoms with Crippen molar-refractivity contribution in [1.82, 2.24) is 5.32 Å². The molecule has 2 nitrogen and oxygen atoms in total. The van der Waals surface area contributed by atoms with Crippen LogP contribution in [0.1, 0.15) is 56.4 Å². The maximum atomic E-state index is 13.7. The fourth-order valence-corrected chi connectivity index (χ4v) is 3.60. The molecule has 2 N–H and O–H groups in total. The van der Waals surface area contributed by atoms with E-state index in [0.717, 1.165) is 37.7 Å². The Morgan fingerprint density at radius 3 is 2.60 bits per heavy atom. The molecule has 0 aromatic heterocycles. The summed E-state index contributed by atoms with van der Waals surface area (Å²) in [5.41, 5.74) is 0.854. The lowest BCUT2D eigenvalue weighted by molar-refractivity contribution is 0.101. The Morgan fingerprint density at radius 2 is 1.80 bits per heavy atom. The Bertz CT molecular complexity index is 444. The van der Waals surface area contributed by atoms with Gasteiger partial charge in [0.05, 0.1) is 6.10 Å². The predicted molar refractivity (Wildman–Crippen MR) is 78.2 cm³/mol. The molecule has 2 aliphatic rings. The van der Waals surface area contributed by atoms with Gasteiger partial charge >= 0.3 is 0 Å². The van der Waals surface area contributed by atoms with Gasteiger partial charge in [-0.1, -0.05) is 37.5 Å². The van der Waals surface area contributed by atoms with Crippen LogP contribution < -0.4 is 5.32 Å². The lowest BCUT2D eigenvalue weighted by atomic mass is 9.75. The molecule has 110 valence electrons. The number of hydrogen-bond acceptors (Lipinski definition) is 2. The summed E-state index contributed by atoms with van der Waals surface area (Å²) in [4.78, 5) is 0. The van der Waals surface area contributed by atoms with E-state index in [2.05, 4.69) is 5.32 Å². The van der Waals surface area contributed by atoms with E-state index in [0.29, 0.717) is 12.0 Å². The maximum absolute atomic E-state index is 13.7. The number of nitrogens with one attached hydrogen (secondary N) is 1. The van der Waals surface area contributed by atoms with Crippen LogP contribution >= 0.6 is 0 Å². The third kappa shape index (κ3) is 3.04. The molecule has 20 heavy (non-hydrogen) atoms. The van der Waals surface area contributed by atoms with Crippen molar-refractivity contribution in [3.8, 4) is 0 Å². The molecule has 0 heterocycles. The van der Waals surface area contributed by atoms with Crippen molar-refractivity contribution in [3.63, 3.8) is 0 Å². The Hall–Kier alpha value is -0.930. The Kier molecular flexibility index (Phi) is 4.37. The quantitative estimate of drug-likeness (QED) is 0.830. The highest BCUT2D eigenvalue weighted by Crippen LogP contribution is 2.38. The van der Waals surface area contributed by atoms with Gasteiger partial charge in [0.1, 0.15) is 5.82 Å². The molecule has 2 aliphatic carbocycles. The molecular weight excluding hydrogens is 253 g/mol. The van der Waals surface area contributed by atoms with Crippen molar-refractivity contribution in [3.05, 3.63) is 35.6 Å². The molecular formula is C17H24FNO. The zero-order valence-electron chi connectivity index (χ0n) is 11.9.